The molecule has 0 radical (unpaired) electrons. The Morgan fingerprint density at radius 1 is 1.17 bits per heavy atom. The molecule has 1 aliphatic rings. The van der Waals surface area contributed by atoms with Crippen molar-refractivity contribution in [3.8, 4) is 5.75 Å². The number of hydrogen-bond acceptors (Lipinski definition) is 5. The summed E-state index contributed by atoms with van der Waals surface area (Å²) in [5.74, 6) is 0.246. The number of benzene rings is 2. The standard InChI is InChI=1S/C23H23N3O3/c1-16-9-18-7-8-19(10-20(18)12-24-16)22(27)14-26-23(28)11-21(13-25-26)29-15-17-5-3-2-4-6-17/h2-8,10-11,13,16,24H,9,12,14-15H2,1H3. The number of fused-ring (bicyclic) bond motifs is 1. The van der Waals surface area contributed by atoms with Crippen LogP contribution in [0.3, 0.4) is 0 Å². The molecule has 2 aromatic carbocycles. The third kappa shape index (κ3) is 4.60. The summed E-state index contributed by atoms with van der Waals surface area (Å²) in [5, 5.41) is 7.50. The van der Waals surface area contributed by atoms with Crippen LogP contribution in [0.2, 0.25) is 0 Å². The quantitative estimate of drug-likeness (QED) is 0.657. The lowest BCUT2D eigenvalue weighted by molar-refractivity contribution is 0.0965. The van der Waals surface area contributed by atoms with E-state index in [4.69, 9.17) is 4.74 Å². The minimum Gasteiger partial charge on any atom is -0.487 e. The van der Waals surface area contributed by atoms with Gasteiger partial charge in [-0.05, 0) is 36.1 Å². The minimum atomic E-state index is -0.364. The average molecular weight is 389 g/mol. The minimum absolute atomic E-state index is 0.0968. The number of nitrogens with zero attached hydrogens (tertiary/aromatic N) is 2. The number of carbonyl (C=O) groups excluding carboxylic acids is 1. The van der Waals surface area contributed by atoms with E-state index in [9.17, 15) is 9.59 Å². The fourth-order valence-electron chi connectivity index (χ4n) is 3.43. The largest absolute Gasteiger partial charge is 0.487 e. The monoisotopic (exact) mass is 389 g/mol. The summed E-state index contributed by atoms with van der Waals surface area (Å²) in [6.45, 7) is 3.16. The zero-order valence-corrected chi connectivity index (χ0v) is 16.3. The van der Waals surface area contributed by atoms with E-state index in [2.05, 4.69) is 17.3 Å². The van der Waals surface area contributed by atoms with Gasteiger partial charge in [0.2, 0.25) is 0 Å². The number of rotatable bonds is 6. The molecule has 3 aromatic rings. The summed E-state index contributed by atoms with van der Waals surface area (Å²) in [4.78, 5) is 25.0. The molecule has 0 bridgehead atoms. The van der Waals surface area contributed by atoms with Crippen LogP contribution in [0.5, 0.6) is 5.75 Å². The third-order valence-electron chi connectivity index (χ3n) is 5.08. The molecule has 1 N–H and O–H groups in total. The van der Waals surface area contributed by atoms with Crippen LogP contribution < -0.4 is 15.6 Å². The third-order valence-corrected chi connectivity index (χ3v) is 5.08. The van der Waals surface area contributed by atoms with Gasteiger partial charge in [-0.15, -0.1) is 0 Å². The molecule has 1 aliphatic heterocycles. The molecule has 0 saturated carbocycles. The van der Waals surface area contributed by atoms with Crippen molar-refractivity contribution in [2.45, 2.75) is 39.1 Å². The lowest BCUT2D eigenvalue weighted by atomic mass is 9.94. The molecule has 148 valence electrons. The van der Waals surface area contributed by atoms with Crippen molar-refractivity contribution in [2.24, 2.45) is 0 Å². The van der Waals surface area contributed by atoms with Gasteiger partial charge in [-0.25, -0.2) is 4.68 Å². The Hall–Kier alpha value is -3.25. The van der Waals surface area contributed by atoms with Gasteiger partial charge in [-0.2, -0.15) is 5.10 Å². The maximum Gasteiger partial charge on any atom is 0.270 e. The highest BCUT2D eigenvalue weighted by molar-refractivity contribution is 5.96. The Bertz CT molecular complexity index is 1080. The maximum atomic E-state index is 12.7. The molecule has 0 fully saturated rings. The molecule has 6 nitrogen and oxygen atoms in total. The van der Waals surface area contributed by atoms with Gasteiger partial charge in [0.1, 0.15) is 18.9 Å². The highest BCUT2D eigenvalue weighted by Crippen LogP contribution is 2.19. The van der Waals surface area contributed by atoms with Crippen LogP contribution in [-0.2, 0) is 26.1 Å². The smallest absolute Gasteiger partial charge is 0.270 e. The molecule has 1 unspecified atom stereocenters. The van der Waals surface area contributed by atoms with Crippen molar-refractivity contribution in [1.82, 2.24) is 15.1 Å². The van der Waals surface area contributed by atoms with Gasteiger partial charge in [0.05, 0.1) is 6.20 Å². The lowest BCUT2D eigenvalue weighted by Crippen LogP contribution is -2.33. The predicted molar refractivity (Wildman–Crippen MR) is 110 cm³/mol. The fourth-order valence-corrected chi connectivity index (χ4v) is 3.43. The van der Waals surface area contributed by atoms with Crippen LogP contribution >= 0.6 is 0 Å². The molecule has 4 rings (SSSR count). The van der Waals surface area contributed by atoms with E-state index in [1.54, 1.807) is 0 Å². The number of Topliss-reactive ketones (excluding diaryl/α,β-unsaturated/α-hetero) is 1. The fraction of sp³-hybridized carbons (Fsp3) is 0.261. The summed E-state index contributed by atoms with van der Waals surface area (Å²) in [6.07, 6.45) is 2.42. The molecule has 1 aromatic heterocycles. The molecular formula is C23H23N3O3. The second-order valence-corrected chi connectivity index (χ2v) is 7.35. The summed E-state index contributed by atoms with van der Waals surface area (Å²) in [5.41, 5.74) is 3.64. The summed E-state index contributed by atoms with van der Waals surface area (Å²) < 4.78 is 6.78. The topological polar surface area (TPSA) is 73.2 Å². The van der Waals surface area contributed by atoms with Gasteiger partial charge in [-0.1, -0.05) is 42.5 Å². The van der Waals surface area contributed by atoms with E-state index in [0.29, 0.717) is 24.0 Å². The Labute approximate surface area is 169 Å². The molecule has 2 heterocycles. The van der Waals surface area contributed by atoms with Crippen LogP contribution in [0.15, 0.2) is 65.6 Å². The predicted octanol–water partition coefficient (Wildman–Crippen LogP) is 2.74. The van der Waals surface area contributed by atoms with Gasteiger partial charge in [0.25, 0.3) is 5.56 Å². The molecular weight excluding hydrogens is 366 g/mol. The van der Waals surface area contributed by atoms with Crippen molar-refractivity contribution < 1.29 is 9.53 Å². The number of ether oxygens (including phenoxy) is 1. The highest BCUT2D eigenvalue weighted by atomic mass is 16.5. The first-order valence-corrected chi connectivity index (χ1v) is 9.71. The van der Waals surface area contributed by atoms with Crippen molar-refractivity contribution in [3.05, 3.63) is 93.4 Å². The normalized spacial score (nSPS) is 15.6. The molecule has 0 spiro atoms. The zero-order chi connectivity index (χ0) is 20.2. The Morgan fingerprint density at radius 3 is 2.79 bits per heavy atom. The van der Waals surface area contributed by atoms with Crippen LogP contribution in [0.4, 0.5) is 0 Å². The molecule has 1 atom stereocenters. The summed E-state index contributed by atoms with van der Waals surface area (Å²) in [7, 11) is 0. The summed E-state index contributed by atoms with van der Waals surface area (Å²) >= 11 is 0. The second-order valence-electron chi connectivity index (χ2n) is 7.35. The van der Waals surface area contributed by atoms with Gasteiger partial charge >= 0.3 is 0 Å². The first-order chi connectivity index (χ1) is 14.1. The SMILES string of the molecule is CC1Cc2ccc(C(=O)Cn3ncc(OCc4ccccc4)cc3=O)cc2CN1. The zero-order valence-electron chi connectivity index (χ0n) is 16.3. The number of ketones is 1. The molecule has 0 amide bonds. The van der Waals surface area contributed by atoms with Gasteiger partial charge in [-0.3, -0.25) is 9.59 Å². The lowest BCUT2D eigenvalue weighted by Gasteiger charge is -2.23. The first kappa shape index (κ1) is 19.1. The molecule has 0 aliphatic carbocycles. The van der Waals surface area contributed by atoms with Gasteiger partial charge in [0.15, 0.2) is 5.78 Å². The Morgan fingerprint density at radius 2 is 2.00 bits per heavy atom. The summed E-state index contributed by atoms with van der Waals surface area (Å²) in [6, 6.07) is 17.2. The highest BCUT2D eigenvalue weighted by Gasteiger charge is 2.17. The van der Waals surface area contributed by atoms with E-state index in [0.717, 1.165) is 28.8 Å². The number of nitrogens with one attached hydrogen (secondary N) is 1. The Kier molecular flexibility index (Phi) is 5.53. The van der Waals surface area contributed by atoms with Gasteiger partial charge < -0.3 is 10.1 Å². The van der Waals surface area contributed by atoms with Crippen molar-refractivity contribution in [2.75, 3.05) is 0 Å². The van der Waals surface area contributed by atoms with Crippen LogP contribution in [0.25, 0.3) is 0 Å². The van der Waals surface area contributed by atoms with Crippen molar-refractivity contribution in [1.29, 1.82) is 0 Å². The second kappa shape index (κ2) is 8.41. The van der Waals surface area contributed by atoms with Crippen LogP contribution in [0, 0.1) is 0 Å². The number of aromatic nitrogens is 2. The number of hydrogen-bond donors (Lipinski definition) is 1. The van der Waals surface area contributed by atoms with E-state index in [1.165, 1.54) is 17.8 Å². The van der Waals surface area contributed by atoms with Gasteiger partial charge in [0, 0.05) is 24.2 Å². The van der Waals surface area contributed by atoms with Crippen LogP contribution in [0.1, 0.15) is 34.0 Å². The van der Waals surface area contributed by atoms with E-state index < -0.39 is 0 Å². The number of carbonyl (C=O) groups is 1. The Balaban J connectivity index is 1.43. The van der Waals surface area contributed by atoms with Crippen molar-refractivity contribution >= 4 is 5.78 Å². The first-order valence-electron chi connectivity index (χ1n) is 9.71. The van der Waals surface area contributed by atoms with Crippen molar-refractivity contribution in [3.63, 3.8) is 0 Å². The molecule has 0 saturated heterocycles. The van der Waals surface area contributed by atoms with E-state index in [1.807, 2.05) is 48.5 Å². The maximum absolute atomic E-state index is 12.7. The molecule has 29 heavy (non-hydrogen) atoms. The van der Waals surface area contributed by atoms with E-state index >= 15 is 0 Å². The van der Waals surface area contributed by atoms with Crippen LogP contribution in [-0.4, -0.2) is 21.6 Å². The van der Waals surface area contributed by atoms with E-state index in [-0.39, 0.29) is 17.9 Å². The molecule has 6 heteroatoms. The average Bonchev–Trinajstić information content (AvgIpc) is 2.74.